The lowest BCUT2D eigenvalue weighted by Gasteiger charge is -2.31. The Morgan fingerprint density at radius 3 is 2.68 bits per heavy atom. The van der Waals surface area contributed by atoms with E-state index >= 15 is 0 Å². The van der Waals surface area contributed by atoms with Crippen molar-refractivity contribution >= 4 is 0 Å². The summed E-state index contributed by atoms with van der Waals surface area (Å²) in [7, 11) is 1.70. The molecule has 106 valence electrons. The maximum Gasteiger partial charge on any atom is 0.123 e. The third-order valence-electron chi connectivity index (χ3n) is 4.16. The molecule has 1 fully saturated rings. The minimum atomic E-state index is 0.533. The van der Waals surface area contributed by atoms with Crippen LogP contribution in [0.2, 0.25) is 0 Å². The van der Waals surface area contributed by atoms with E-state index in [0.717, 1.165) is 30.3 Å². The lowest BCUT2D eigenvalue weighted by atomic mass is 9.85. The Balaban J connectivity index is 1.99. The van der Waals surface area contributed by atoms with Crippen LogP contribution in [0.3, 0.4) is 0 Å². The van der Waals surface area contributed by atoms with Crippen LogP contribution in [0.15, 0.2) is 18.2 Å². The Morgan fingerprint density at radius 2 is 2.16 bits per heavy atom. The number of nitrogens with zero attached hydrogens (tertiary/aromatic N) is 1. The first kappa shape index (κ1) is 14.4. The fourth-order valence-corrected chi connectivity index (χ4v) is 2.69. The number of ether oxygens (including phenoxy) is 1. The summed E-state index contributed by atoms with van der Waals surface area (Å²) in [5, 5.41) is 0. The molecular formula is C16H26N2O. The average molecular weight is 262 g/mol. The lowest BCUT2D eigenvalue weighted by Crippen LogP contribution is -2.32. The first-order valence-electron chi connectivity index (χ1n) is 7.35. The van der Waals surface area contributed by atoms with E-state index in [2.05, 4.69) is 24.0 Å². The smallest absolute Gasteiger partial charge is 0.123 e. The fourth-order valence-electron chi connectivity index (χ4n) is 2.69. The zero-order chi connectivity index (χ0) is 13.7. The van der Waals surface area contributed by atoms with E-state index in [1.54, 1.807) is 7.11 Å². The quantitative estimate of drug-likeness (QED) is 0.821. The van der Waals surface area contributed by atoms with Crippen LogP contribution >= 0.6 is 0 Å². The third-order valence-corrected chi connectivity index (χ3v) is 4.16. The summed E-state index contributed by atoms with van der Waals surface area (Å²) >= 11 is 0. The third kappa shape index (κ3) is 3.71. The van der Waals surface area contributed by atoms with Gasteiger partial charge in [0.05, 0.1) is 7.11 Å². The summed E-state index contributed by atoms with van der Waals surface area (Å²) in [6.07, 6.45) is 4.24. The predicted octanol–water partition coefficient (Wildman–Crippen LogP) is 2.78. The molecular weight excluding hydrogens is 236 g/mol. The molecule has 1 aromatic carbocycles. The van der Waals surface area contributed by atoms with Crippen LogP contribution in [0.4, 0.5) is 0 Å². The van der Waals surface area contributed by atoms with Crippen molar-refractivity contribution in [3.8, 4) is 5.75 Å². The van der Waals surface area contributed by atoms with Gasteiger partial charge < -0.3 is 10.5 Å². The molecule has 0 unspecified atom stereocenters. The van der Waals surface area contributed by atoms with Gasteiger partial charge in [-0.05, 0) is 43.0 Å². The van der Waals surface area contributed by atoms with Crippen molar-refractivity contribution in [2.45, 2.75) is 39.3 Å². The first-order valence-corrected chi connectivity index (χ1v) is 7.35. The lowest BCUT2D eigenvalue weighted by molar-refractivity contribution is 0.178. The molecule has 0 radical (unpaired) electrons. The van der Waals surface area contributed by atoms with Gasteiger partial charge in [0.2, 0.25) is 0 Å². The van der Waals surface area contributed by atoms with E-state index in [4.69, 9.17) is 10.5 Å². The number of hydrogen-bond acceptors (Lipinski definition) is 3. The van der Waals surface area contributed by atoms with E-state index in [1.165, 1.54) is 31.4 Å². The van der Waals surface area contributed by atoms with E-state index in [-0.39, 0.29) is 0 Å². The molecule has 1 aliphatic rings. The molecule has 3 nitrogen and oxygen atoms in total. The summed E-state index contributed by atoms with van der Waals surface area (Å²) < 4.78 is 5.32. The highest BCUT2D eigenvalue weighted by atomic mass is 16.5. The average Bonchev–Trinajstić information content (AvgIpc) is 2.41. The van der Waals surface area contributed by atoms with Crippen LogP contribution in [-0.4, -0.2) is 25.1 Å². The van der Waals surface area contributed by atoms with Crippen molar-refractivity contribution in [2.24, 2.45) is 11.7 Å². The van der Waals surface area contributed by atoms with Gasteiger partial charge in [0.15, 0.2) is 0 Å². The van der Waals surface area contributed by atoms with E-state index in [9.17, 15) is 0 Å². The van der Waals surface area contributed by atoms with E-state index in [1.807, 2.05) is 6.07 Å². The normalized spacial score (nSPS) is 15.6. The topological polar surface area (TPSA) is 38.5 Å². The monoisotopic (exact) mass is 262 g/mol. The number of nitrogens with two attached hydrogens (primary N) is 1. The molecule has 0 atom stereocenters. The number of benzene rings is 1. The second kappa shape index (κ2) is 6.92. The molecule has 1 saturated carbocycles. The fraction of sp³-hybridized carbons (Fsp3) is 0.625. The SMILES string of the molecule is CCN(Cc1ccc(OC)c(CN)c1)CC1CCC1. The van der Waals surface area contributed by atoms with Crippen LogP contribution in [0.5, 0.6) is 5.75 Å². The summed E-state index contributed by atoms with van der Waals surface area (Å²) in [4.78, 5) is 2.53. The van der Waals surface area contributed by atoms with Gasteiger partial charge in [0, 0.05) is 25.2 Å². The Morgan fingerprint density at radius 1 is 1.37 bits per heavy atom. The van der Waals surface area contributed by atoms with Crippen LogP contribution < -0.4 is 10.5 Å². The van der Waals surface area contributed by atoms with Crippen molar-refractivity contribution in [3.63, 3.8) is 0 Å². The van der Waals surface area contributed by atoms with E-state index < -0.39 is 0 Å². The Bertz CT molecular complexity index is 402. The molecule has 19 heavy (non-hydrogen) atoms. The summed E-state index contributed by atoms with van der Waals surface area (Å²) in [5.41, 5.74) is 8.21. The van der Waals surface area contributed by atoms with Crippen LogP contribution in [0, 0.1) is 5.92 Å². The van der Waals surface area contributed by atoms with Crippen molar-refractivity contribution in [1.82, 2.24) is 4.90 Å². The maximum absolute atomic E-state index is 5.78. The van der Waals surface area contributed by atoms with Crippen molar-refractivity contribution in [3.05, 3.63) is 29.3 Å². The molecule has 0 saturated heterocycles. The van der Waals surface area contributed by atoms with Crippen LogP contribution in [0.25, 0.3) is 0 Å². The predicted molar refractivity (Wildman–Crippen MR) is 79.2 cm³/mol. The molecule has 0 heterocycles. The highest BCUT2D eigenvalue weighted by molar-refractivity contribution is 5.37. The molecule has 2 N–H and O–H groups in total. The molecule has 1 aliphatic carbocycles. The number of rotatable bonds is 7. The Kier molecular flexibility index (Phi) is 5.23. The van der Waals surface area contributed by atoms with Gasteiger partial charge in [-0.25, -0.2) is 0 Å². The standard InChI is InChI=1S/C16H26N2O/c1-3-18(11-13-5-4-6-13)12-14-7-8-16(19-2)15(9-14)10-17/h7-9,13H,3-6,10-12,17H2,1-2H3. The zero-order valence-electron chi connectivity index (χ0n) is 12.2. The van der Waals surface area contributed by atoms with Crippen molar-refractivity contribution < 1.29 is 4.74 Å². The van der Waals surface area contributed by atoms with Gasteiger partial charge in [-0.3, -0.25) is 4.90 Å². The summed E-state index contributed by atoms with van der Waals surface area (Å²) in [5.74, 6) is 1.82. The number of methoxy groups -OCH3 is 1. The van der Waals surface area contributed by atoms with Gasteiger partial charge in [-0.15, -0.1) is 0 Å². The molecule has 0 spiro atoms. The largest absolute Gasteiger partial charge is 0.496 e. The van der Waals surface area contributed by atoms with Crippen LogP contribution in [-0.2, 0) is 13.1 Å². The van der Waals surface area contributed by atoms with Gasteiger partial charge in [-0.1, -0.05) is 19.4 Å². The molecule has 0 bridgehead atoms. The Hall–Kier alpha value is -1.06. The Labute approximate surface area is 116 Å². The summed E-state index contributed by atoms with van der Waals surface area (Å²) in [6, 6.07) is 6.37. The molecule has 3 heteroatoms. The van der Waals surface area contributed by atoms with Crippen LogP contribution in [0.1, 0.15) is 37.3 Å². The minimum Gasteiger partial charge on any atom is -0.496 e. The second-order valence-electron chi connectivity index (χ2n) is 5.47. The van der Waals surface area contributed by atoms with Gasteiger partial charge in [-0.2, -0.15) is 0 Å². The second-order valence-corrected chi connectivity index (χ2v) is 5.47. The van der Waals surface area contributed by atoms with Crippen molar-refractivity contribution in [2.75, 3.05) is 20.2 Å². The van der Waals surface area contributed by atoms with Crippen molar-refractivity contribution in [1.29, 1.82) is 0 Å². The molecule has 2 rings (SSSR count). The van der Waals surface area contributed by atoms with Gasteiger partial charge in [0.25, 0.3) is 0 Å². The number of hydrogen-bond donors (Lipinski definition) is 1. The van der Waals surface area contributed by atoms with Gasteiger partial charge >= 0.3 is 0 Å². The maximum atomic E-state index is 5.78. The first-order chi connectivity index (χ1) is 9.26. The molecule has 0 amide bonds. The zero-order valence-corrected chi connectivity index (χ0v) is 12.2. The summed E-state index contributed by atoms with van der Waals surface area (Å²) in [6.45, 7) is 6.14. The van der Waals surface area contributed by atoms with Gasteiger partial charge in [0.1, 0.15) is 5.75 Å². The molecule has 0 aliphatic heterocycles. The molecule has 1 aromatic rings. The highest BCUT2D eigenvalue weighted by Crippen LogP contribution is 2.28. The minimum absolute atomic E-state index is 0.533. The van der Waals surface area contributed by atoms with E-state index in [0.29, 0.717) is 6.54 Å². The molecule has 0 aromatic heterocycles. The highest BCUT2D eigenvalue weighted by Gasteiger charge is 2.20.